The van der Waals surface area contributed by atoms with Crippen molar-refractivity contribution in [3.05, 3.63) is 28.3 Å². The Balaban J connectivity index is 2.00. The van der Waals surface area contributed by atoms with Crippen LogP contribution in [-0.2, 0) is 4.74 Å². The number of nitrogens with one attached hydrogen (secondary N) is 1. The Kier molecular flexibility index (Phi) is 5.80. The predicted octanol–water partition coefficient (Wildman–Crippen LogP) is 3.22. The molecule has 6 heteroatoms. The Labute approximate surface area is 124 Å². The lowest BCUT2D eigenvalue weighted by Crippen LogP contribution is -2.22. The number of nitro groups is 1. The van der Waals surface area contributed by atoms with E-state index >= 15 is 0 Å². The van der Waals surface area contributed by atoms with Gasteiger partial charge in [0.25, 0.3) is 0 Å². The van der Waals surface area contributed by atoms with Gasteiger partial charge in [-0.05, 0) is 31.2 Å². The van der Waals surface area contributed by atoms with Gasteiger partial charge in [-0.2, -0.15) is 0 Å². The van der Waals surface area contributed by atoms with Gasteiger partial charge in [0.05, 0.1) is 11.5 Å². The second kappa shape index (κ2) is 7.83. The van der Waals surface area contributed by atoms with Crippen LogP contribution >= 0.6 is 0 Å². The molecule has 0 spiro atoms. The van der Waals surface area contributed by atoms with E-state index in [0.29, 0.717) is 18.3 Å². The van der Waals surface area contributed by atoms with Crippen molar-refractivity contribution in [2.24, 2.45) is 5.92 Å². The Bertz CT molecular complexity index is 473. The zero-order valence-electron chi connectivity index (χ0n) is 12.3. The average molecular weight is 294 g/mol. The average Bonchev–Trinajstić information content (AvgIpc) is 2.51. The van der Waals surface area contributed by atoms with Gasteiger partial charge in [0.2, 0.25) is 0 Å². The molecule has 0 radical (unpaired) electrons. The highest BCUT2D eigenvalue weighted by atomic mass is 16.6. The molecule has 1 aliphatic rings. The maximum atomic E-state index is 11.0. The summed E-state index contributed by atoms with van der Waals surface area (Å²) in [4.78, 5) is 10.6. The number of benzene rings is 1. The summed E-state index contributed by atoms with van der Waals surface area (Å²) in [5.74, 6) is 0.924. The van der Waals surface area contributed by atoms with E-state index in [4.69, 9.17) is 9.47 Å². The molecular weight excluding hydrogens is 272 g/mol. The van der Waals surface area contributed by atoms with Gasteiger partial charge in [-0.15, -0.1) is 0 Å². The van der Waals surface area contributed by atoms with Crippen molar-refractivity contribution in [2.45, 2.75) is 26.2 Å². The van der Waals surface area contributed by atoms with Crippen LogP contribution in [0, 0.1) is 16.0 Å². The molecule has 0 bridgehead atoms. The molecule has 2 rings (SSSR count). The van der Waals surface area contributed by atoms with E-state index in [2.05, 4.69) is 5.32 Å². The van der Waals surface area contributed by atoms with Crippen LogP contribution in [0.5, 0.6) is 5.75 Å². The molecular formula is C15H22N2O4. The number of anilines is 1. The molecule has 0 saturated carbocycles. The molecule has 0 aromatic heterocycles. The standard InChI is InChI=1S/C15H22N2O4/c1-2-7-21-15-10-13(3-4-14(15)17(18)19)16-11-12-5-8-20-9-6-12/h3-4,10,12,16H,2,5-9,11H2,1H3. The van der Waals surface area contributed by atoms with E-state index < -0.39 is 4.92 Å². The largest absolute Gasteiger partial charge is 0.487 e. The zero-order chi connectivity index (χ0) is 15.1. The van der Waals surface area contributed by atoms with Crippen LogP contribution in [-0.4, -0.2) is 31.3 Å². The third-order valence-corrected chi connectivity index (χ3v) is 3.55. The highest BCUT2D eigenvalue weighted by molar-refractivity contribution is 5.58. The molecule has 1 heterocycles. The number of ether oxygens (including phenoxy) is 2. The van der Waals surface area contributed by atoms with Crippen molar-refractivity contribution in [3.8, 4) is 5.75 Å². The summed E-state index contributed by atoms with van der Waals surface area (Å²) in [7, 11) is 0. The first-order chi connectivity index (χ1) is 10.2. The summed E-state index contributed by atoms with van der Waals surface area (Å²) in [5, 5.41) is 14.3. The van der Waals surface area contributed by atoms with Crippen molar-refractivity contribution in [1.82, 2.24) is 0 Å². The molecule has 1 aromatic rings. The van der Waals surface area contributed by atoms with Gasteiger partial charge in [-0.3, -0.25) is 10.1 Å². The van der Waals surface area contributed by atoms with Crippen molar-refractivity contribution >= 4 is 11.4 Å². The van der Waals surface area contributed by atoms with E-state index in [1.54, 1.807) is 12.1 Å². The van der Waals surface area contributed by atoms with Crippen molar-refractivity contribution in [1.29, 1.82) is 0 Å². The van der Waals surface area contributed by atoms with Crippen LogP contribution in [0.1, 0.15) is 26.2 Å². The van der Waals surface area contributed by atoms with Gasteiger partial charge >= 0.3 is 5.69 Å². The smallest absolute Gasteiger partial charge is 0.311 e. The van der Waals surface area contributed by atoms with E-state index in [1.807, 2.05) is 6.92 Å². The third-order valence-electron chi connectivity index (χ3n) is 3.55. The molecule has 0 amide bonds. The summed E-state index contributed by atoms with van der Waals surface area (Å²) < 4.78 is 10.8. The minimum Gasteiger partial charge on any atom is -0.487 e. The first-order valence-corrected chi connectivity index (χ1v) is 7.43. The van der Waals surface area contributed by atoms with Gasteiger partial charge < -0.3 is 14.8 Å². The summed E-state index contributed by atoms with van der Waals surface area (Å²) in [6, 6.07) is 4.95. The lowest BCUT2D eigenvalue weighted by atomic mass is 10.0. The van der Waals surface area contributed by atoms with Crippen LogP contribution in [0.15, 0.2) is 18.2 Å². The number of rotatable bonds is 7. The molecule has 0 aliphatic carbocycles. The van der Waals surface area contributed by atoms with Crippen molar-refractivity contribution < 1.29 is 14.4 Å². The minimum atomic E-state index is -0.409. The predicted molar refractivity (Wildman–Crippen MR) is 80.9 cm³/mol. The molecule has 1 aliphatic heterocycles. The van der Waals surface area contributed by atoms with Crippen LogP contribution < -0.4 is 10.1 Å². The number of hydrogen-bond acceptors (Lipinski definition) is 5. The molecule has 1 saturated heterocycles. The second-order valence-electron chi connectivity index (χ2n) is 5.22. The number of nitrogens with zero attached hydrogens (tertiary/aromatic N) is 1. The maximum absolute atomic E-state index is 11.0. The topological polar surface area (TPSA) is 73.6 Å². The Morgan fingerprint density at radius 2 is 2.19 bits per heavy atom. The van der Waals surface area contributed by atoms with E-state index in [1.165, 1.54) is 6.07 Å². The molecule has 0 unspecified atom stereocenters. The highest BCUT2D eigenvalue weighted by Gasteiger charge is 2.17. The Morgan fingerprint density at radius 3 is 2.86 bits per heavy atom. The lowest BCUT2D eigenvalue weighted by molar-refractivity contribution is -0.385. The van der Waals surface area contributed by atoms with Gasteiger partial charge in [-0.25, -0.2) is 0 Å². The first kappa shape index (κ1) is 15.6. The lowest BCUT2D eigenvalue weighted by Gasteiger charge is -2.22. The third kappa shape index (κ3) is 4.60. The van der Waals surface area contributed by atoms with Gasteiger partial charge in [0, 0.05) is 37.6 Å². The highest BCUT2D eigenvalue weighted by Crippen LogP contribution is 2.30. The quantitative estimate of drug-likeness (QED) is 0.617. The fourth-order valence-electron chi connectivity index (χ4n) is 2.32. The molecule has 1 aromatic carbocycles. The Hall–Kier alpha value is -1.82. The fraction of sp³-hybridized carbons (Fsp3) is 0.600. The minimum absolute atomic E-state index is 0.0140. The second-order valence-corrected chi connectivity index (χ2v) is 5.22. The van der Waals surface area contributed by atoms with Crippen molar-refractivity contribution in [3.63, 3.8) is 0 Å². The normalized spacial score (nSPS) is 15.7. The number of nitro benzene ring substituents is 1. The van der Waals surface area contributed by atoms with Crippen LogP contribution in [0.4, 0.5) is 11.4 Å². The number of hydrogen-bond donors (Lipinski definition) is 1. The van der Waals surface area contributed by atoms with Gasteiger partial charge in [-0.1, -0.05) is 6.92 Å². The zero-order valence-corrected chi connectivity index (χ0v) is 12.3. The molecule has 21 heavy (non-hydrogen) atoms. The van der Waals surface area contributed by atoms with Crippen LogP contribution in [0.2, 0.25) is 0 Å². The monoisotopic (exact) mass is 294 g/mol. The van der Waals surface area contributed by atoms with E-state index in [-0.39, 0.29) is 5.69 Å². The first-order valence-electron chi connectivity index (χ1n) is 7.43. The maximum Gasteiger partial charge on any atom is 0.311 e. The fourth-order valence-corrected chi connectivity index (χ4v) is 2.32. The summed E-state index contributed by atoms with van der Waals surface area (Å²) >= 11 is 0. The van der Waals surface area contributed by atoms with Crippen LogP contribution in [0.3, 0.4) is 0 Å². The van der Waals surface area contributed by atoms with E-state index in [0.717, 1.165) is 44.7 Å². The molecule has 116 valence electrons. The van der Waals surface area contributed by atoms with Crippen LogP contribution in [0.25, 0.3) is 0 Å². The SMILES string of the molecule is CCCOc1cc(NCC2CCOCC2)ccc1[N+](=O)[O-]. The van der Waals surface area contributed by atoms with Gasteiger partial charge in [0.1, 0.15) is 0 Å². The van der Waals surface area contributed by atoms with Crippen molar-refractivity contribution in [2.75, 3.05) is 31.7 Å². The summed E-state index contributed by atoms with van der Waals surface area (Å²) in [5.41, 5.74) is 0.873. The Morgan fingerprint density at radius 1 is 1.43 bits per heavy atom. The molecule has 1 N–H and O–H groups in total. The van der Waals surface area contributed by atoms with Gasteiger partial charge in [0.15, 0.2) is 5.75 Å². The molecule has 6 nitrogen and oxygen atoms in total. The van der Waals surface area contributed by atoms with E-state index in [9.17, 15) is 10.1 Å². The summed E-state index contributed by atoms with van der Waals surface area (Å²) in [6.45, 7) is 4.94. The summed E-state index contributed by atoms with van der Waals surface area (Å²) in [6.07, 6.45) is 2.93. The molecule has 0 atom stereocenters. The molecule has 1 fully saturated rings.